The molecule has 0 aromatic heterocycles. The van der Waals surface area contributed by atoms with Crippen molar-refractivity contribution in [1.82, 2.24) is 5.32 Å². The second-order valence-electron chi connectivity index (χ2n) is 4.78. The summed E-state index contributed by atoms with van der Waals surface area (Å²) in [6, 6.07) is 7.57. The van der Waals surface area contributed by atoms with Crippen LogP contribution in [0.1, 0.15) is 25.3 Å². The van der Waals surface area contributed by atoms with Gasteiger partial charge in [-0.05, 0) is 36.5 Å². The normalized spacial score (nSPS) is 11.9. The topological polar surface area (TPSA) is 38.3 Å². The van der Waals surface area contributed by atoms with Gasteiger partial charge in [-0.15, -0.1) is 11.6 Å². The van der Waals surface area contributed by atoms with Crippen molar-refractivity contribution in [2.75, 3.05) is 19.5 Å². The van der Waals surface area contributed by atoms with E-state index in [1.165, 1.54) is 0 Å². The first-order valence-electron chi connectivity index (χ1n) is 6.61. The van der Waals surface area contributed by atoms with Crippen molar-refractivity contribution in [1.29, 1.82) is 0 Å². The van der Waals surface area contributed by atoms with Gasteiger partial charge in [-0.3, -0.25) is 4.79 Å². The van der Waals surface area contributed by atoms with Gasteiger partial charge in [0.25, 0.3) is 0 Å². The zero-order valence-corrected chi connectivity index (χ0v) is 12.4. The van der Waals surface area contributed by atoms with E-state index in [0.717, 1.165) is 24.2 Å². The van der Waals surface area contributed by atoms with Crippen LogP contribution in [0.25, 0.3) is 0 Å². The van der Waals surface area contributed by atoms with Crippen LogP contribution in [0.15, 0.2) is 24.3 Å². The van der Waals surface area contributed by atoms with Crippen LogP contribution >= 0.6 is 11.6 Å². The molecule has 106 valence electrons. The number of rotatable bonds is 8. The van der Waals surface area contributed by atoms with Crippen LogP contribution in [0.2, 0.25) is 0 Å². The summed E-state index contributed by atoms with van der Waals surface area (Å²) in [7, 11) is 1.62. The first kappa shape index (κ1) is 15.8. The van der Waals surface area contributed by atoms with Gasteiger partial charge in [0.05, 0.1) is 13.5 Å². The van der Waals surface area contributed by atoms with Crippen LogP contribution in [0, 0.1) is 5.92 Å². The molecule has 0 aliphatic carbocycles. The number of methoxy groups -OCH3 is 1. The molecule has 0 aliphatic heterocycles. The molecule has 0 aliphatic rings. The van der Waals surface area contributed by atoms with E-state index in [-0.39, 0.29) is 5.91 Å². The second-order valence-corrected chi connectivity index (χ2v) is 5.09. The molecular formula is C15H22ClNO2. The molecule has 1 N–H and O–H groups in total. The summed E-state index contributed by atoms with van der Waals surface area (Å²) in [5.41, 5.74) is 0.964. The van der Waals surface area contributed by atoms with Gasteiger partial charge in [-0.2, -0.15) is 0 Å². The first-order valence-corrected chi connectivity index (χ1v) is 7.14. The molecule has 1 rings (SSSR count). The van der Waals surface area contributed by atoms with Crippen molar-refractivity contribution in [3.05, 3.63) is 29.8 Å². The van der Waals surface area contributed by atoms with Gasteiger partial charge in [-0.25, -0.2) is 0 Å². The van der Waals surface area contributed by atoms with Crippen molar-refractivity contribution in [2.24, 2.45) is 5.92 Å². The number of carbonyl (C=O) groups excluding carboxylic acids is 1. The van der Waals surface area contributed by atoms with Crippen molar-refractivity contribution in [3.63, 3.8) is 0 Å². The summed E-state index contributed by atoms with van der Waals surface area (Å²) < 4.78 is 5.13. The average Bonchev–Trinajstić information content (AvgIpc) is 2.43. The van der Waals surface area contributed by atoms with Crippen LogP contribution in [0.5, 0.6) is 5.75 Å². The molecule has 3 nitrogen and oxygen atoms in total. The third-order valence-electron chi connectivity index (χ3n) is 2.96. The van der Waals surface area contributed by atoms with Crippen LogP contribution in [0.4, 0.5) is 0 Å². The molecule has 0 saturated carbocycles. The Balaban J connectivity index is 2.27. The first-order chi connectivity index (χ1) is 9.15. The van der Waals surface area contributed by atoms with E-state index < -0.39 is 0 Å². The molecule has 1 amide bonds. The number of halogens is 1. The van der Waals surface area contributed by atoms with Crippen molar-refractivity contribution in [2.45, 2.75) is 26.2 Å². The maximum absolute atomic E-state index is 11.7. The van der Waals surface area contributed by atoms with Crippen LogP contribution in [-0.4, -0.2) is 25.4 Å². The highest BCUT2D eigenvalue weighted by Crippen LogP contribution is 2.12. The number of hydrogen-bond donors (Lipinski definition) is 1. The zero-order valence-electron chi connectivity index (χ0n) is 11.6. The Bertz CT molecular complexity index is 395. The predicted octanol–water partition coefficient (Wildman–Crippen LogP) is 3.01. The molecule has 0 bridgehead atoms. The minimum atomic E-state index is 0.0479. The highest BCUT2D eigenvalue weighted by Gasteiger charge is 2.05. The summed E-state index contributed by atoms with van der Waals surface area (Å²) in [5.74, 6) is 2.02. The van der Waals surface area contributed by atoms with Crippen molar-refractivity contribution >= 4 is 17.5 Å². The summed E-state index contributed by atoms with van der Waals surface area (Å²) in [4.78, 5) is 11.7. The molecule has 1 unspecified atom stereocenters. The highest BCUT2D eigenvalue weighted by atomic mass is 35.5. The molecule has 1 aromatic carbocycles. The van der Waals surface area contributed by atoms with Gasteiger partial charge in [-0.1, -0.05) is 19.1 Å². The van der Waals surface area contributed by atoms with Crippen LogP contribution in [-0.2, 0) is 11.2 Å². The van der Waals surface area contributed by atoms with Crippen molar-refractivity contribution in [3.8, 4) is 5.75 Å². The Hall–Kier alpha value is -1.22. The van der Waals surface area contributed by atoms with Gasteiger partial charge in [0, 0.05) is 12.4 Å². The Labute approximate surface area is 120 Å². The minimum Gasteiger partial charge on any atom is -0.497 e. The second kappa shape index (κ2) is 8.81. The molecule has 0 saturated heterocycles. The number of carbonyl (C=O) groups is 1. The third kappa shape index (κ3) is 6.48. The number of benzene rings is 1. The molecule has 0 radical (unpaired) electrons. The molecule has 0 heterocycles. The van der Waals surface area contributed by atoms with E-state index >= 15 is 0 Å². The number of ether oxygens (including phenoxy) is 1. The Morgan fingerprint density at radius 2 is 2.26 bits per heavy atom. The standard InChI is InChI=1S/C15H22ClNO2/c1-12(11-16)5-4-8-17-15(18)10-13-6-3-7-14(9-13)19-2/h3,6-7,9,12H,4-5,8,10-11H2,1-2H3,(H,17,18). The molecule has 0 spiro atoms. The lowest BCUT2D eigenvalue weighted by atomic mass is 10.1. The van der Waals surface area contributed by atoms with E-state index in [1.54, 1.807) is 7.11 Å². The van der Waals surface area contributed by atoms with Gasteiger partial charge < -0.3 is 10.1 Å². The Morgan fingerprint density at radius 3 is 2.95 bits per heavy atom. The van der Waals surface area contributed by atoms with E-state index in [9.17, 15) is 4.79 Å². The summed E-state index contributed by atoms with van der Waals surface area (Å²) in [5, 5.41) is 2.93. The predicted molar refractivity (Wildman–Crippen MR) is 78.8 cm³/mol. The molecule has 0 fully saturated rings. The lowest BCUT2D eigenvalue weighted by Gasteiger charge is -2.08. The van der Waals surface area contributed by atoms with E-state index in [4.69, 9.17) is 16.3 Å². The number of nitrogens with one attached hydrogen (secondary N) is 1. The van der Waals surface area contributed by atoms with Gasteiger partial charge in [0.15, 0.2) is 0 Å². The molecule has 19 heavy (non-hydrogen) atoms. The average molecular weight is 284 g/mol. The molecule has 1 aromatic rings. The van der Waals surface area contributed by atoms with E-state index in [0.29, 0.717) is 24.8 Å². The minimum absolute atomic E-state index is 0.0479. The molecule has 1 atom stereocenters. The van der Waals surface area contributed by atoms with Gasteiger partial charge in [0.1, 0.15) is 5.75 Å². The number of hydrogen-bond acceptors (Lipinski definition) is 2. The highest BCUT2D eigenvalue weighted by molar-refractivity contribution is 6.18. The Kier molecular flexibility index (Phi) is 7.34. The molecular weight excluding hydrogens is 262 g/mol. The van der Waals surface area contributed by atoms with Crippen LogP contribution in [0.3, 0.4) is 0 Å². The van der Waals surface area contributed by atoms with Gasteiger partial charge >= 0.3 is 0 Å². The van der Waals surface area contributed by atoms with Crippen LogP contribution < -0.4 is 10.1 Å². The SMILES string of the molecule is COc1cccc(CC(=O)NCCCC(C)CCl)c1. The monoisotopic (exact) mass is 283 g/mol. The number of amides is 1. The summed E-state index contributed by atoms with van der Waals surface area (Å²) in [6.45, 7) is 2.83. The fraction of sp³-hybridized carbons (Fsp3) is 0.533. The third-order valence-corrected chi connectivity index (χ3v) is 3.48. The maximum atomic E-state index is 11.7. The van der Waals surface area contributed by atoms with Crippen molar-refractivity contribution < 1.29 is 9.53 Å². The quantitative estimate of drug-likeness (QED) is 0.588. The Morgan fingerprint density at radius 1 is 1.47 bits per heavy atom. The number of alkyl halides is 1. The maximum Gasteiger partial charge on any atom is 0.224 e. The summed E-state index contributed by atoms with van der Waals surface area (Å²) >= 11 is 5.73. The lowest BCUT2D eigenvalue weighted by molar-refractivity contribution is -0.120. The zero-order chi connectivity index (χ0) is 14.1. The smallest absolute Gasteiger partial charge is 0.224 e. The fourth-order valence-corrected chi connectivity index (χ4v) is 1.94. The summed E-state index contributed by atoms with van der Waals surface area (Å²) in [6.07, 6.45) is 2.41. The lowest BCUT2D eigenvalue weighted by Crippen LogP contribution is -2.26. The van der Waals surface area contributed by atoms with E-state index in [2.05, 4.69) is 12.2 Å². The largest absolute Gasteiger partial charge is 0.497 e. The molecule has 4 heteroatoms. The fourth-order valence-electron chi connectivity index (χ4n) is 1.79. The van der Waals surface area contributed by atoms with E-state index in [1.807, 2.05) is 24.3 Å². The van der Waals surface area contributed by atoms with Gasteiger partial charge in [0.2, 0.25) is 5.91 Å².